The lowest BCUT2D eigenvalue weighted by atomic mass is 9.99. The molecule has 3 aromatic carbocycles. The quantitative estimate of drug-likeness (QED) is 0.161. The lowest BCUT2D eigenvalue weighted by Gasteiger charge is -2.12. The van der Waals surface area contributed by atoms with E-state index in [-0.39, 0.29) is 5.91 Å². The molecule has 0 bridgehead atoms. The molecule has 1 aromatic heterocycles. The van der Waals surface area contributed by atoms with E-state index in [9.17, 15) is 4.79 Å². The first-order valence-electron chi connectivity index (χ1n) is 14.6. The molecule has 206 valence electrons. The van der Waals surface area contributed by atoms with Crippen LogP contribution in [0.3, 0.4) is 0 Å². The maximum atomic E-state index is 12.4. The van der Waals surface area contributed by atoms with Gasteiger partial charge in [0.05, 0.1) is 17.6 Å². The number of aromatic nitrogens is 2. The van der Waals surface area contributed by atoms with Crippen LogP contribution in [-0.4, -0.2) is 28.6 Å². The van der Waals surface area contributed by atoms with Crippen LogP contribution in [0.25, 0.3) is 11.0 Å². The van der Waals surface area contributed by atoms with Crippen LogP contribution in [0.15, 0.2) is 72.8 Å². The van der Waals surface area contributed by atoms with Crippen molar-refractivity contribution in [2.24, 2.45) is 0 Å². The first-order valence-corrected chi connectivity index (χ1v) is 14.6. The van der Waals surface area contributed by atoms with Gasteiger partial charge in [0.2, 0.25) is 0 Å². The summed E-state index contributed by atoms with van der Waals surface area (Å²) in [6.07, 6.45) is 7.22. The van der Waals surface area contributed by atoms with Gasteiger partial charge in [-0.3, -0.25) is 4.79 Å². The third kappa shape index (κ3) is 7.95. The normalized spacial score (nSPS) is 12.0. The Kier molecular flexibility index (Phi) is 10.6. The number of fused-ring (bicyclic) bond motifs is 1. The highest BCUT2D eigenvalue weighted by Crippen LogP contribution is 2.22. The van der Waals surface area contributed by atoms with Crippen molar-refractivity contribution in [1.29, 1.82) is 0 Å². The van der Waals surface area contributed by atoms with E-state index in [1.54, 1.807) is 0 Å². The van der Waals surface area contributed by atoms with Crippen molar-refractivity contribution in [1.82, 2.24) is 14.9 Å². The van der Waals surface area contributed by atoms with Gasteiger partial charge in [-0.05, 0) is 86.4 Å². The molecule has 1 amide bonds. The number of carbonyl (C=O) groups is 1. The van der Waals surface area contributed by atoms with Crippen LogP contribution in [0, 0.1) is 6.92 Å². The summed E-state index contributed by atoms with van der Waals surface area (Å²) in [5, 5.41) is 3.06. The molecule has 1 heterocycles. The van der Waals surface area contributed by atoms with Gasteiger partial charge in [-0.2, -0.15) is 0 Å². The van der Waals surface area contributed by atoms with Crippen molar-refractivity contribution in [2.75, 3.05) is 13.2 Å². The van der Waals surface area contributed by atoms with Crippen LogP contribution in [-0.2, 0) is 13.0 Å². The SMILES string of the molecule is CCC(C)c1ccc(OCCCCn2c(CCCCCNC(=O)c3ccccc3C)nc3ccccc32)cc1. The van der Waals surface area contributed by atoms with E-state index < -0.39 is 0 Å². The Hall–Kier alpha value is -3.60. The Morgan fingerprint density at radius 3 is 2.49 bits per heavy atom. The van der Waals surface area contributed by atoms with Crippen molar-refractivity contribution >= 4 is 16.9 Å². The molecule has 1 N–H and O–H groups in total. The molecule has 0 aliphatic heterocycles. The fraction of sp³-hybridized carbons (Fsp3) is 0.412. The number of unbranched alkanes of at least 4 members (excludes halogenated alkanes) is 3. The number of benzene rings is 3. The number of imidazole rings is 1. The number of ether oxygens (including phenoxy) is 1. The summed E-state index contributed by atoms with van der Waals surface area (Å²) in [4.78, 5) is 17.4. The maximum Gasteiger partial charge on any atom is 0.251 e. The summed E-state index contributed by atoms with van der Waals surface area (Å²) in [5.74, 6) is 2.71. The highest BCUT2D eigenvalue weighted by molar-refractivity contribution is 5.95. The molecule has 0 aliphatic rings. The fourth-order valence-electron chi connectivity index (χ4n) is 4.97. The molecular weight excluding hydrogens is 482 g/mol. The maximum absolute atomic E-state index is 12.4. The number of rotatable bonds is 15. The van der Waals surface area contributed by atoms with E-state index in [4.69, 9.17) is 9.72 Å². The molecule has 39 heavy (non-hydrogen) atoms. The highest BCUT2D eigenvalue weighted by atomic mass is 16.5. The zero-order chi connectivity index (χ0) is 27.5. The van der Waals surface area contributed by atoms with Crippen molar-refractivity contribution in [3.05, 3.63) is 95.3 Å². The van der Waals surface area contributed by atoms with Gasteiger partial charge < -0.3 is 14.6 Å². The third-order valence-electron chi connectivity index (χ3n) is 7.59. The molecule has 4 rings (SSSR count). The van der Waals surface area contributed by atoms with Crippen LogP contribution >= 0.6 is 0 Å². The first kappa shape index (κ1) is 28.4. The summed E-state index contributed by atoms with van der Waals surface area (Å²) in [6.45, 7) is 8.82. The van der Waals surface area contributed by atoms with Crippen LogP contribution in [0.1, 0.15) is 85.6 Å². The van der Waals surface area contributed by atoms with Gasteiger partial charge in [0.1, 0.15) is 11.6 Å². The van der Waals surface area contributed by atoms with Gasteiger partial charge >= 0.3 is 0 Å². The van der Waals surface area contributed by atoms with Gasteiger partial charge in [0.15, 0.2) is 0 Å². The molecule has 1 unspecified atom stereocenters. The number of nitrogens with one attached hydrogen (secondary N) is 1. The zero-order valence-corrected chi connectivity index (χ0v) is 23.8. The van der Waals surface area contributed by atoms with Crippen LogP contribution in [0.5, 0.6) is 5.75 Å². The van der Waals surface area contributed by atoms with E-state index in [0.717, 1.165) is 86.3 Å². The molecule has 1 atom stereocenters. The zero-order valence-electron chi connectivity index (χ0n) is 23.8. The summed E-state index contributed by atoms with van der Waals surface area (Å²) in [7, 11) is 0. The molecule has 0 saturated heterocycles. The van der Waals surface area contributed by atoms with Crippen molar-refractivity contribution in [2.45, 2.75) is 78.2 Å². The second-order valence-electron chi connectivity index (χ2n) is 10.5. The van der Waals surface area contributed by atoms with E-state index >= 15 is 0 Å². The standard InChI is InChI=1S/C34H43N3O2/c1-4-26(2)28-19-21-29(22-20-28)39-25-13-12-24-37-32-17-10-9-16-31(32)36-33(37)18-6-5-11-23-35-34(38)30-15-8-7-14-27(30)3/h7-10,14-17,19-22,26H,4-6,11-13,18,23-25H2,1-3H3,(H,35,38). The molecule has 5 nitrogen and oxygen atoms in total. The minimum absolute atomic E-state index is 0.0157. The Bertz CT molecular complexity index is 1330. The number of nitrogens with zero attached hydrogens (tertiary/aromatic N) is 2. The number of aryl methyl sites for hydroxylation is 3. The summed E-state index contributed by atoms with van der Waals surface area (Å²) >= 11 is 0. The lowest BCUT2D eigenvalue weighted by molar-refractivity contribution is 0.0952. The van der Waals surface area contributed by atoms with Crippen LogP contribution in [0.4, 0.5) is 0 Å². The molecule has 0 spiro atoms. The number of amides is 1. The van der Waals surface area contributed by atoms with Crippen LogP contribution in [0.2, 0.25) is 0 Å². The fourth-order valence-corrected chi connectivity index (χ4v) is 4.97. The van der Waals surface area contributed by atoms with Crippen molar-refractivity contribution < 1.29 is 9.53 Å². The number of hydrogen-bond donors (Lipinski definition) is 1. The molecule has 0 aliphatic carbocycles. The average Bonchev–Trinajstić information content (AvgIpc) is 3.32. The third-order valence-corrected chi connectivity index (χ3v) is 7.59. The smallest absolute Gasteiger partial charge is 0.251 e. The largest absolute Gasteiger partial charge is 0.494 e. The van der Waals surface area contributed by atoms with E-state index in [1.807, 2.05) is 31.2 Å². The molecule has 0 saturated carbocycles. The summed E-state index contributed by atoms with van der Waals surface area (Å²) in [6, 6.07) is 24.7. The Morgan fingerprint density at radius 2 is 1.69 bits per heavy atom. The first-order chi connectivity index (χ1) is 19.1. The number of para-hydroxylation sites is 2. The van der Waals surface area contributed by atoms with Gasteiger partial charge in [-0.1, -0.05) is 62.7 Å². The minimum Gasteiger partial charge on any atom is -0.494 e. The van der Waals surface area contributed by atoms with E-state index in [1.165, 1.54) is 11.1 Å². The van der Waals surface area contributed by atoms with Crippen molar-refractivity contribution in [3.63, 3.8) is 0 Å². The Morgan fingerprint density at radius 1 is 0.923 bits per heavy atom. The van der Waals surface area contributed by atoms with E-state index in [2.05, 4.69) is 72.3 Å². The predicted molar refractivity (Wildman–Crippen MR) is 161 cm³/mol. The highest BCUT2D eigenvalue weighted by Gasteiger charge is 2.11. The van der Waals surface area contributed by atoms with Crippen LogP contribution < -0.4 is 10.1 Å². The van der Waals surface area contributed by atoms with Crippen molar-refractivity contribution in [3.8, 4) is 5.75 Å². The lowest BCUT2D eigenvalue weighted by Crippen LogP contribution is -2.25. The number of carbonyl (C=O) groups excluding carboxylic acids is 1. The molecule has 0 radical (unpaired) electrons. The topological polar surface area (TPSA) is 56.1 Å². The van der Waals surface area contributed by atoms with Gasteiger partial charge in [-0.15, -0.1) is 0 Å². The van der Waals surface area contributed by atoms with Gasteiger partial charge in [0.25, 0.3) is 5.91 Å². The summed E-state index contributed by atoms with van der Waals surface area (Å²) < 4.78 is 8.40. The molecular formula is C34H43N3O2. The predicted octanol–water partition coefficient (Wildman–Crippen LogP) is 7.86. The monoisotopic (exact) mass is 525 g/mol. The van der Waals surface area contributed by atoms with Gasteiger partial charge in [-0.25, -0.2) is 4.98 Å². The average molecular weight is 526 g/mol. The van der Waals surface area contributed by atoms with Gasteiger partial charge in [0, 0.05) is 25.1 Å². The van der Waals surface area contributed by atoms with E-state index in [0.29, 0.717) is 12.5 Å². The minimum atomic E-state index is 0.0157. The Balaban J connectivity index is 1.21. The summed E-state index contributed by atoms with van der Waals surface area (Å²) in [5.41, 5.74) is 5.42. The molecule has 4 aromatic rings. The number of hydrogen-bond acceptors (Lipinski definition) is 3. The Labute approximate surface area is 233 Å². The molecule has 5 heteroatoms. The molecule has 0 fully saturated rings. The second-order valence-corrected chi connectivity index (χ2v) is 10.5. The second kappa shape index (κ2) is 14.5.